The van der Waals surface area contributed by atoms with Crippen LogP contribution >= 0.6 is 20.7 Å². The van der Waals surface area contributed by atoms with Crippen LogP contribution in [0.15, 0.2) is 65.8 Å². The van der Waals surface area contributed by atoms with Crippen molar-refractivity contribution in [3.8, 4) is 11.5 Å². The van der Waals surface area contributed by atoms with Crippen LogP contribution in [0.2, 0.25) is 0 Å². The molecule has 0 unspecified atom stereocenters. The van der Waals surface area contributed by atoms with Gasteiger partial charge in [0.15, 0.2) is 3.84 Å². The number of urea groups is 1. The predicted molar refractivity (Wildman–Crippen MR) is 178 cm³/mol. The minimum Gasteiger partial charge on any atom is -0.497 e. The van der Waals surface area contributed by atoms with Gasteiger partial charge in [0, 0.05) is 68.9 Å². The fourth-order valence-corrected chi connectivity index (χ4v) is 7.42. The lowest BCUT2D eigenvalue weighted by atomic mass is 10.1. The molecule has 2 fully saturated rings. The van der Waals surface area contributed by atoms with Gasteiger partial charge in [-0.1, -0.05) is 13.5 Å². The number of nitrogens with zero attached hydrogens (tertiary/aromatic N) is 5. The third-order valence-electron chi connectivity index (χ3n) is 7.44. The molecule has 0 spiro atoms. The molecular weight excluding hydrogens is 649 g/mol. The number of carbonyl (C=O) groups is 2. The molecule has 2 saturated heterocycles. The maximum atomic E-state index is 13.5. The maximum absolute atomic E-state index is 13.5. The third-order valence-corrected chi connectivity index (χ3v) is 10.4. The summed E-state index contributed by atoms with van der Waals surface area (Å²) in [4.78, 5) is 38.7. The number of nitrogens with one attached hydrogen (secondary N) is 2. The molecular formula is C30H36IN7O4. The molecule has 0 radical (unpaired) electrons. The molecule has 3 aliphatic heterocycles. The van der Waals surface area contributed by atoms with Gasteiger partial charge >= 0.3 is 6.03 Å². The molecule has 3 amide bonds. The van der Waals surface area contributed by atoms with E-state index in [1.165, 1.54) is 6.08 Å². The molecule has 0 aromatic heterocycles. The van der Waals surface area contributed by atoms with E-state index in [1.807, 2.05) is 30.5 Å². The van der Waals surface area contributed by atoms with Crippen molar-refractivity contribution in [3.63, 3.8) is 0 Å². The normalized spacial score (nSPS) is 17.3. The molecule has 0 saturated carbocycles. The number of methoxy groups -OCH3 is 2. The van der Waals surface area contributed by atoms with Crippen LogP contribution in [0.4, 0.5) is 27.5 Å². The van der Waals surface area contributed by atoms with Gasteiger partial charge < -0.3 is 29.9 Å². The molecule has 2 aromatic carbocycles. The van der Waals surface area contributed by atoms with Crippen molar-refractivity contribution >= 4 is 62.9 Å². The van der Waals surface area contributed by atoms with Crippen LogP contribution in [0.5, 0.6) is 11.5 Å². The number of carbonyl (C=O) groups excluding carboxylic acids is 2. The molecule has 42 heavy (non-hydrogen) atoms. The van der Waals surface area contributed by atoms with Gasteiger partial charge in [-0.3, -0.25) is 14.6 Å². The van der Waals surface area contributed by atoms with Crippen molar-refractivity contribution in [1.29, 1.82) is 0 Å². The number of fused-ring (bicyclic) bond motifs is 1. The number of ether oxygens (including phenoxy) is 2. The van der Waals surface area contributed by atoms with Gasteiger partial charge in [-0.15, -0.1) is 0 Å². The SMILES string of the molecule is C=CC(=O)Nc1ccc(N2CCN(CC)CC2)cc1NC1=NC=C2CN(c3cc(OC)cc(OC)c3)C(=O)N(C)C2=I1. The van der Waals surface area contributed by atoms with Crippen LogP contribution in [-0.4, -0.2) is 89.7 Å². The summed E-state index contributed by atoms with van der Waals surface area (Å²) in [5.41, 5.74) is 4.16. The van der Waals surface area contributed by atoms with Crippen molar-refractivity contribution in [2.24, 2.45) is 4.99 Å². The van der Waals surface area contributed by atoms with E-state index in [2.05, 4.69) is 40.0 Å². The summed E-state index contributed by atoms with van der Waals surface area (Å²) in [5, 5.41) is 6.39. The van der Waals surface area contributed by atoms with Gasteiger partial charge in [-0.05, 0) is 51.6 Å². The molecule has 2 aromatic rings. The number of halogens is 1. The molecule has 3 heterocycles. The number of hydrogen-bond acceptors (Lipinski definition) is 8. The Morgan fingerprint density at radius 2 is 1.76 bits per heavy atom. The topological polar surface area (TPSA) is 102 Å². The zero-order valence-corrected chi connectivity index (χ0v) is 26.5. The Morgan fingerprint density at radius 1 is 1.05 bits per heavy atom. The standard InChI is InChI=1S/C30H36IN7O4/c1-6-27(39)33-25-9-8-21(37-12-10-36(7-2)11-13-37)16-26(25)34-29-31-28-20(18-32-29)19-38(30(40)35(28)3)22-14-23(41-4)17-24(15-22)42-5/h6,8-9,14-18H,1,7,10-13,19H2,2-5H3,(H,32,34)(H,33,39). The second-order valence-electron chi connectivity index (χ2n) is 9.93. The molecule has 11 nitrogen and oxygen atoms in total. The number of benzene rings is 2. The van der Waals surface area contributed by atoms with E-state index in [0.717, 1.165) is 57.1 Å². The lowest BCUT2D eigenvalue weighted by Gasteiger charge is -2.37. The Kier molecular flexibility index (Phi) is 9.12. The average molecular weight is 686 g/mol. The molecule has 222 valence electrons. The first-order valence-corrected chi connectivity index (χ1v) is 15.9. The number of hydrogen-bond donors (Lipinski definition) is 2. The minimum absolute atomic E-state index is 0.134. The second kappa shape index (κ2) is 12.9. The summed E-state index contributed by atoms with van der Waals surface area (Å²) >= 11 is -0.823. The minimum atomic E-state index is -0.823. The predicted octanol–water partition coefficient (Wildman–Crippen LogP) is 4.31. The summed E-state index contributed by atoms with van der Waals surface area (Å²) < 4.78 is 12.6. The van der Waals surface area contributed by atoms with Crippen molar-refractivity contribution in [3.05, 3.63) is 60.8 Å². The van der Waals surface area contributed by atoms with Crippen LogP contribution in [0.1, 0.15) is 6.92 Å². The molecule has 2 N–H and O–H groups in total. The van der Waals surface area contributed by atoms with Crippen molar-refractivity contribution < 1.29 is 19.1 Å². The second-order valence-corrected chi connectivity index (χ2v) is 12.5. The summed E-state index contributed by atoms with van der Waals surface area (Å²) in [6, 6.07) is 11.3. The first-order valence-electron chi connectivity index (χ1n) is 13.7. The molecule has 0 aliphatic carbocycles. The van der Waals surface area contributed by atoms with Crippen LogP contribution < -0.4 is 29.9 Å². The Bertz CT molecular complexity index is 1460. The van der Waals surface area contributed by atoms with Crippen LogP contribution in [0.3, 0.4) is 0 Å². The average Bonchev–Trinajstić information content (AvgIpc) is 3.03. The Morgan fingerprint density at radius 3 is 2.40 bits per heavy atom. The Balaban J connectivity index is 1.41. The molecule has 12 heteroatoms. The fourth-order valence-electron chi connectivity index (χ4n) is 5.01. The summed E-state index contributed by atoms with van der Waals surface area (Å²) in [6.07, 6.45) is 3.08. The van der Waals surface area contributed by atoms with E-state index in [1.54, 1.807) is 37.1 Å². The Hall–Kier alpha value is -3.91. The first-order chi connectivity index (χ1) is 20.3. The van der Waals surface area contributed by atoms with E-state index in [-0.39, 0.29) is 11.9 Å². The van der Waals surface area contributed by atoms with Crippen LogP contribution in [0.25, 0.3) is 0 Å². The largest absolute Gasteiger partial charge is 0.497 e. The maximum Gasteiger partial charge on any atom is 0.329 e. The van der Waals surface area contributed by atoms with Gasteiger partial charge in [-0.2, -0.15) is 0 Å². The molecule has 0 bridgehead atoms. The number of amidine groups is 1. The molecule has 5 rings (SSSR count). The highest BCUT2D eigenvalue weighted by molar-refractivity contribution is 14.2. The van der Waals surface area contributed by atoms with Gasteiger partial charge in [0.25, 0.3) is 0 Å². The highest BCUT2D eigenvalue weighted by Crippen LogP contribution is 2.35. The lowest BCUT2D eigenvalue weighted by molar-refractivity contribution is -0.111. The van der Waals surface area contributed by atoms with Crippen molar-refractivity contribution in [2.75, 3.05) is 81.0 Å². The van der Waals surface area contributed by atoms with Gasteiger partial charge in [0.2, 0.25) is 5.91 Å². The van der Waals surface area contributed by atoms with Crippen LogP contribution in [-0.2, 0) is 4.79 Å². The van der Waals surface area contributed by atoms with Gasteiger partial charge in [0.1, 0.15) is 11.5 Å². The number of likely N-dealkylation sites (N-methyl/N-ethyl adjacent to an activating group) is 2. The fraction of sp³-hybridized carbons (Fsp3) is 0.333. The third kappa shape index (κ3) is 6.28. The van der Waals surface area contributed by atoms with E-state index in [4.69, 9.17) is 14.5 Å². The highest BCUT2D eigenvalue weighted by Gasteiger charge is 2.33. The number of piperazine rings is 1. The zero-order valence-electron chi connectivity index (χ0n) is 24.3. The summed E-state index contributed by atoms with van der Waals surface area (Å²) in [6.45, 7) is 11.1. The molecule has 0 atom stereocenters. The van der Waals surface area contributed by atoms with Gasteiger partial charge in [0.05, 0.1) is 41.5 Å². The highest BCUT2D eigenvalue weighted by atomic mass is 127. The monoisotopic (exact) mass is 685 g/mol. The summed E-state index contributed by atoms with van der Waals surface area (Å²) in [7, 11) is 4.97. The smallest absolute Gasteiger partial charge is 0.329 e. The lowest BCUT2D eigenvalue weighted by Crippen LogP contribution is -2.51. The summed E-state index contributed by atoms with van der Waals surface area (Å²) in [5.74, 6) is 0.932. The van der Waals surface area contributed by atoms with E-state index >= 15 is 0 Å². The first kappa shape index (κ1) is 29.6. The van der Waals surface area contributed by atoms with Crippen molar-refractivity contribution in [2.45, 2.75) is 6.92 Å². The van der Waals surface area contributed by atoms with E-state index < -0.39 is 20.7 Å². The Labute approximate surface area is 256 Å². The number of aliphatic imine (C=N–C) groups is 1. The number of anilines is 4. The number of rotatable bonds is 8. The zero-order chi connectivity index (χ0) is 29.8. The molecule has 3 aliphatic rings. The van der Waals surface area contributed by atoms with Crippen LogP contribution in [0, 0.1) is 0 Å². The number of amides is 3. The quantitative estimate of drug-likeness (QED) is 0.243. The van der Waals surface area contributed by atoms with Gasteiger partial charge in [-0.25, -0.2) is 9.79 Å². The van der Waals surface area contributed by atoms with E-state index in [9.17, 15) is 9.59 Å². The van der Waals surface area contributed by atoms with Crippen molar-refractivity contribution in [1.82, 2.24) is 9.80 Å². The van der Waals surface area contributed by atoms with E-state index in [0.29, 0.717) is 29.4 Å².